The third-order valence-electron chi connectivity index (χ3n) is 4.68. The van der Waals surface area contributed by atoms with Crippen LogP contribution >= 0.6 is 11.6 Å². The van der Waals surface area contributed by atoms with E-state index in [0.29, 0.717) is 6.42 Å². The molecule has 1 N–H and O–H groups in total. The first-order chi connectivity index (χ1) is 9.63. The number of carboxylic acid groups (broad SMARTS) is 1. The summed E-state index contributed by atoms with van der Waals surface area (Å²) in [6.07, 6.45) is 0.461. The molecular weight excluding hydrogens is 272 g/mol. The Bertz CT molecular complexity index is 677. The molecule has 2 aromatic carbocycles. The minimum absolute atomic E-state index is 0.0843. The van der Waals surface area contributed by atoms with Crippen LogP contribution in [0.15, 0.2) is 48.5 Å². The van der Waals surface area contributed by atoms with Crippen molar-refractivity contribution in [2.75, 3.05) is 0 Å². The fourth-order valence-electron chi connectivity index (χ4n) is 3.86. The van der Waals surface area contributed by atoms with Gasteiger partial charge in [0.15, 0.2) is 4.87 Å². The Labute approximate surface area is 122 Å². The maximum absolute atomic E-state index is 11.8. The minimum Gasteiger partial charge on any atom is -0.480 e. The number of carboxylic acids is 1. The number of hydrogen-bond acceptors (Lipinski definition) is 1. The predicted molar refractivity (Wildman–Crippen MR) is 77.4 cm³/mol. The lowest BCUT2D eigenvalue weighted by Crippen LogP contribution is -2.48. The van der Waals surface area contributed by atoms with E-state index in [1.54, 1.807) is 0 Å². The summed E-state index contributed by atoms with van der Waals surface area (Å²) in [6.45, 7) is 0. The molecule has 0 radical (unpaired) electrons. The van der Waals surface area contributed by atoms with Crippen molar-refractivity contribution in [1.29, 1.82) is 0 Å². The van der Waals surface area contributed by atoms with Crippen LogP contribution in [0.2, 0.25) is 0 Å². The molecule has 3 aliphatic rings. The highest BCUT2D eigenvalue weighted by molar-refractivity contribution is 6.35. The average Bonchev–Trinajstić information content (AvgIpc) is 2.47. The van der Waals surface area contributed by atoms with Crippen molar-refractivity contribution in [1.82, 2.24) is 0 Å². The topological polar surface area (TPSA) is 37.3 Å². The normalized spacial score (nSPS) is 29.6. The fraction of sp³-hybridized carbons (Fsp3) is 0.235. The largest absolute Gasteiger partial charge is 0.480 e. The van der Waals surface area contributed by atoms with Crippen molar-refractivity contribution < 1.29 is 9.90 Å². The first-order valence-corrected chi connectivity index (χ1v) is 7.10. The molecule has 0 saturated carbocycles. The van der Waals surface area contributed by atoms with E-state index in [9.17, 15) is 9.90 Å². The van der Waals surface area contributed by atoms with Gasteiger partial charge in [-0.2, -0.15) is 0 Å². The molecule has 0 amide bonds. The molecule has 0 saturated heterocycles. The number of benzene rings is 2. The minimum atomic E-state index is -1.23. The number of fused-ring (bicyclic) bond motifs is 1. The second-order valence-corrected chi connectivity index (χ2v) is 6.29. The molecular formula is C17H13ClO2. The number of halogens is 1. The maximum atomic E-state index is 11.8. The number of alkyl halides is 1. The van der Waals surface area contributed by atoms with Crippen molar-refractivity contribution in [3.05, 3.63) is 70.8 Å². The van der Waals surface area contributed by atoms with Gasteiger partial charge in [0.1, 0.15) is 0 Å². The predicted octanol–water partition coefficient (Wildman–Crippen LogP) is 3.73. The first-order valence-electron chi connectivity index (χ1n) is 6.73. The average molecular weight is 285 g/mol. The molecule has 20 heavy (non-hydrogen) atoms. The Balaban J connectivity index is 2.05. The highest BCUT2D eigenvalue weighted by Crippen LogP contribution is 2.59. The maximum Gasteiger partial charge on any atom is 0.325 e. The third-order valence-corrected chi connectivity index (χ3v) is 5.21. The van der Waals surface area contributed by atoms with Crippen molar-refractivity contribution in [3.8, 4) is 0 Å². The van der Waals surface area contributed by atoms with E-state index in [0.717, 1.165) is 11.1 Å². The van der Waals surface area contributed by atoms with Gasteiger partial charge in [0, 0.05) is 11.8 Å². The van der Waals surface area contributed by atoms with Crippen molar-refractivity contribution in [2.45, 2.75) is 23.1 Å². The van der Waals surface area contributed by atoms with Crippen LogP contribution in [0, 0.1) is 0 Å². The lowest BCUT2D eigenvalue weighted by Gasteiger charge is -2.48. The standard InChI is InChI=1S/C17H13ClO2/c18-17(16(19)20)9-14-10-5-1-3-7-12(10)15(17)13-8-4-2-6-11(13)14/h1-8,14-15H,9H2,(H,19,20)/t14?,15?,17-/m0/s1. The van der Waals surface area contributed by atoms with Gasteiger partial charge in [0.2, 0.25) is 0 Å². The molecule has 2 nitrogen and oxygen atoms in total. The van der Waals surface area contributed by atoms with E-state index in [2.05, 4.69) is 12.1 Å². The Morgan fingerprint density at radius 3 is 1.90 bits per heavy atom. The number of aliphatic carboxylic acids is 1. The van der Waals surface area contributed by atoms with E-state index < -0.39 is 10.8 Å². The number of hydrogen-bond donors (Lipinski definition) is 1. The van der Waals surface area contributed by atoms with Crippen LogP contribution in [-0.2, 0) is 4.79 Å². The van der Waals surface area contributed by atoms with Gasteiger partial charge in [-0.05, 0) is 28.7 Å². The summed E-state index contributed by atoms with van der Waals surface area (Å²) in [5.74, 6) is -1.10. The Hall–Kier alpha value is -1.80. The fourth-order valence-corrected chi connectivity index (χ4v) is 4.25. The van der Waals surface area contributed by atoms with Gasteiger partial charge in [-0.1, -0.05) is 48.5 Å². The van der Waals surface area contributed by atoms with Crippen molar-refractivity contribution in [2.24, 2.45) is 0 Å². The van der Waals surface area contributed by atoms with Crippen LogP contribution in [-0.4, -0.2) is 16.0 Å². The summed E-state index contributed by atoms with van der Waals surface area (Å²) in [5, 5.41) is 9.64. The van der Waals surface area contributed by atoms with Crippen molar-refractivity contribution >= 4 is 17.6 Å². The zero-order valence-electron chi connectivity index (χ0n) is 10.7. The molecule has 0 aromatic heterocycles. The monoisotopic (exact) mass is 284 g/mol. The molecule has 2 aromatic rings. The van der Waals surface area contributed by atoms with Gasteiger partial charge >= 0.3 is 5.97 Å². The molecule has 0 fully saturated rings. The summed E-state index contributed by atoms with van der Waals surface area (Å²) in [4.78, 5) is 10.5. The zero-order valence-corrected chi connectivity index (χ0v) is 11.5. The summed E-state index contributed by atoms with van der Waals surface area (Å²) in [6, 6.07) is 16.2. The molecule has 0 heterocycles. The van der Waals surface area contributed by atoms with E-state index in [-0.39, 0.29) is 11.8 Å². The van der Waals surface area contributed by atoms with Crippen LogP contribution in [0.5, 0.6) is 0 Å². The Kier molecular flexibility index (Phi) is 2.31. The zero-order chi connectivity index (χ0) is 13.9. The van der Waals surface area contributed by atoms with Crippen LogP contribution in [0.4, 0.5) is 0 Å². The van der Waals surface area contributed by atoms with Gasteiger partial charge < -0.3 is 5.11 Å². The van der Waals surface area contributed by atoms with Crippen LogP contribution in [0.3, 0.4) is 0 Å². The number of carbonyl (C=O) groups is 1. The third kappa shape index (κ3) is 1.32. The molecule has 2 bridgehead atoms. The second-order valence-electron chi connectivity index (χ2n) is 5.62. The second kappa shape index (κ2) is 3.86. The van der Waals surface area contributed by atoms with Crippen LogP contribution < -0.4 is 0 Å². The molecule has 100 valence electrons. The summed E-state index contributed by atoms with van der Waals surface area (Å²) >= 11 is 6.56. The van der Waals surface area contributed by atoms with Crippen LogP contribution in [0.25, 0.3) is 0 Å². The molecule has 3 heteroatoms. The molecule has 3 aliphatic carbocycles. The summed E-state index contributed by atoms with van der Waals surface area (Å²) < 4.78 is 0. The Morgan fingerprint density at radius 2 is 1.45 bits per heavy atom. The molecule has 0 unspecified atom stereocenters. The van der Waals surface area contributed by atoms with Gasteiger partial charge in [0.05, 0.1) is 0 Å². The van der Waals surface area contributed by atoms with E-state index in [4.69, 9.17) is 11.6 Å². The lowest BCUT2D eigenvalue weighted by atomic mass is 9.59. The summed E-state index contributed by atoms with van der Waals surface area (Å²) in [5.41, 5.74) is 4.60. The molecule has 5 rings (SSSR count). The smallest absolute Gasteiger partial charge is 0.325 e. The highest BCUT2D eigenvalue weighted by atomic mass is 35.5. The van der Waals surface area contributed by atoms with Crippen LogP contribution in [0.1, 0.15) is 40.5 Å². The first kappa shape index (κ1) is 12.0. The van der Waals surface area contributed by atoms with E-state index in [1.807, 2.05) is 36.4 Å². The number of rotatable bonds is 1. The molecule has 0 spiro atoms. The van der Waals surface area contributed by atoms with Crippen molar-refractivity contribution in [3.63, 3.8) is 0 Å². The molecule has 1 atom stereocenters. The van der Waals surface area contributed by atoms with Gasteiger partial charge in [-0.3, -0.25) is 4.79 Å². The highest BCUT2D eigenvalue weighted by Gasteiger charge is 2.56. The Morgan fingerprint density at radius 1 is 1.00 bits per heavy atom. The van der Waals surface area contributed by atoms with E-state index in [1.165, 1.54) is 11.1 Å². The lowest BCUT2D eigenvalue weighted by molar-refractivity contribution is -0.141. The van der Waals surface area contributed by atoms with Gasteiger partial charge in [-0.25, -0.2) is 0 Å². The van der Waals surface area contributed by atoms with Gasteiger partial charge in [-0.15, -0.1) is 11.6 Å². The van der Waals surface area contributed by atoms with Gasteiger partial charge in [0.25, 0.3) is 0 Å². The van der Waals surface area contributed by atoms with E-state index >= 15 is 0 Å². The molecule has 0 aliphatic heterocycles. The quantitative estimate of drug-likeness (QED) is 0.810. The summed E-state index contributed by atoms with van der Waals surface area (Å²) in [7, 11) is 0. The SMILES string of the molecule is O=C(O)[C@]1(Cl)CC2c3ccccc3C1c1ccccc12.